The molecule has 1 aliphatic heterocycles. The van der Waals surface area contributed by atoms with Crippen LogP contribution >= 0.6 is 23.2 Å². The largest absolute Gasteiger partial charge is 0.496 e. The van der Waals surface area contributed by atoms with Crippen LogP contribution in [0.15, 0.2) is 36.4 Å². The molecule has 0 amide bonds. The van der Waals surface area contributed by atoms with E-state index in [4.69, 9.17) is 27.9 Å². The first-order valence-corrected chi connectivity index (χ1v) is 6.82. The van der Waals surface area contributed by atoms with Crippen molar-refractivity contribution in [3.63, 3.8) is 0 Å². The summed E-state index contributed by atoms with van der Waals surface area (Å²) >= 11 is 12.0. The summed E-state index contributed by atoms with van der Waals surface area (Å²) < 4.78 is 5.40. The van der Waals surface area contributed by atoms with E-state index < -0.39 is 0 Å². The van der Waals surface area contributed by atoms with Crippen molar-refractivity contribution in [2.75, 3.05) is 12.4 Å². The van der Waals surface area contributed by atoms with Crippen LogP contribution in [-0.2, 0) is 6.42 Å². The van der Waals surface area contributed by atoms with Crippen LogP contribution in [0.25, 0.3) is 0 Å². The molecule has 19 heavy (non-hydrogen) atoms. The van der Waals surface area contributed by atoms with Gasteiger partial charge in [-0.3, -0.25) is 0 Å². The zero-order valence-corrected chi connectivity index (χ0v) is 11.9. The molecule has 0 bridgehead atoms. The maximum Gasteiger partial charge on any atom is 0.124 e. The lowest BCUT2D eigenvalue weighted by Gasteiger charge is -2.12. The molecule has 0 spiro atoms. The van der Waals surface area contributed by atoms with Crippen LogP contribution in [0.2, 0.25) is 10.0 Å². The maximum absolute atomic E-state index is 6.08. The highest BCUT2D eigenvalue weighted by molar-refractivity contribution is 6.42. The molecule has 0 aliphatic carbocycles. The highest BCUT2D eigenvalue weighted by Gasteiger charge is 2.25. The Morgan fingerprint density at radius 3 is 2.74 bits per heavy atom. The van der Waals surface area contributed by atoms with E-state index in [0.717, 1.165) is 23.4 Å². The quantitative estimate of drug-likeness (QED) is 0.866. The van der Waals surface area contributed by atoms with Gasteiger partial charge in [-0.2, -0.15) is 0 Å². The summed E-state index contributed by atoms with van der Waals surface area (Å²) in [5.74, 6) is 0.924. The van der Waals surface area contributed by atoms with Crippen molar-refractivity contribution in [2.24, 2.45) is 0 Å². The van der Waals surface area contributed by atoms with E-state index in [1.165, 1.54) is 5.56 Å². The molecule has 0 saturated carbocycles. The molecule has 3 rings (SSSR count). The Hall–Kier alpha value is -1.38. The number of anilines is 1. The van der Waals surface area contributed by atoms with Crippen LogP contribution in [-0.4, -0.2) is 7.11 Å². The predicted octanol–water partition coefficient (Wildman–Crippen LogP) is 4.71. The molecule has 1 aliphatic rings. The number of rotatable bonds is 2. The normalized spacial score (nSPS) is 16.9. The topological polar surface area (TPSA) is 21.3 Å². The van der Waals surface area contributed by atoms with Crippen LogP contribution in [0.5, 0.6) is 5.75 Å². The van der Waals surface area contributed by atoms with E-state index in [1.807, 2.05) is 30.3 Å². The summed E-state index contributed by atoms with van der Waals surface area (Å²) in [4.78, 5) is 0. The molecular formula is C15H13Cl2NO. The summed E-state index contributed by atoms with van der Waals surface area (Å²) in [5.41, 5.74) is 3.46. The summed E-state index contributed by atoms with van der Waals surface area (Å²) in [5, 5.41) is 4.66. The molecule has 0 radical (unpaired) electrons. The lowest BCUT2D eigenvalue weighted by Crippen LogP contribution is -2.05. The number of hydrogen-bond acceptors (Lipinski definition) is 2. The number of nitrogens with one attached hydrogen (secondary N) is 1. The van der Waals surface area contributed by atoms with Gasteiger partial charge in [-0.05, 0) is 29.8 Å². The Balaban J connectivity index is 1.93. The van der Waals surface area contributed by atoms with Gasteiger partial charge in [0, 0.05) is 17.7 Å². The molecule has 0 fully saturated rings. The van der Waals surface area contributed by atoms with Crippen LogP contribution in [0.1, 0.15) is 17.2 Å². The Morgan fingerprint density at radius 1 is 1.16 bits per heavy atom. The third-order valence-electron chi connectivity index (χ3n) is 3.44. The molecule has 1 atom stereocenters. The molecule has 1 N–H and O–H groups in total. The molecule has 4 heteroatoms. The first kappa shape index (κ1) is 12.6. The Bertz CT molecular complexity index is 628. The fourth-order valence-corrected chi connectivity index (χ4v) is 2.78. The Morgan fingerprint density at radius 2 is 2.00 bits per heavy atom. The van der Waals surface area contributed by atoms with E-state index >= 15 is 0 Å². The molecule has 1 heterocycles. The van der Waals surface area contributed by atoms with E-state index in [0.29, 0.717) is 10.0 Å². The van der Waals surface area contributed by atoms with Gasteiger partial charge in [0.25, 0.3) is 0 Å². The molecule has 1 unspecified atom stereocenters. The summed E-state index contributed by atoms with van der Waals surface area (Å²) in [6.07, 6.45) is 0.886. The summed E-state index contributed by atoms with van der Waals surface area (Å²) in [7, 11) is 1.70. The Kier molecular flexibility index (Phi) is 3.29. The van der Waals surface area contributed by atoms with Crippen LogP contribution < -0.4 is 10.1 Å². The van der Waals surface area contributed by atoms with Crippen molar-refractivity contribution in [1.29, 1.82) is 0 Å². The van der Waals surface area contributed by atoms with Crippen molar-refractivity contribution in [3.05, 3.63) is 57.6 Å². The minimum absolute atomic E-state index is 0.209. The van der Waals surface area contributed by atoms with E-state index in [-0.39, 0.29) is 6.04 Å². The second-order valence-electron chi connectivity index (χ2n) is 4.56. The zero-order chi connectivity index (χ0) is 13.4. The van der Waals surface area contributed by atoms with Crippen molar-refractivity contribution < 1.29 is 4.74 Å². The summed E-state index contributed by atoms with van der Waals surface area (Å²) in [6.45, 7) is 0. The standard InChI is InChI=1S/C15H13Cl2NO/c1-19-15-4-2-3-13-10(15)8-14(18-13)9-5-6-11(16)12(17)7-9/h2-7,14,18H,8H2,1H3. The smallest absolute Gasteiger partial charge is 0.124 e. The first-order chi connectivity index (χ1) is 9.19. The van der Waals surface area contributed by atoms with Crippen LogP contribution in [0, 0.1) is 0 Å². The van der Waals surface area contributed by atoms with Gasteiger partial charge >= 0.3 is 0 Å². The molecule has 0 saturated heterocycles. The average Bonchev–Trinajstić information content (AvgIpc) is 2.85. The van der Waals surface area contributed by atoms with Gasteiger partial charge in [-0.15, -0.1) is 0 Å². The number of hydrogen-bond donors (Lipinski definition) is 1. The van der Waals surface area contributed by atoms with E-state index in [1.54, 1.807) is 7.11 Å². The van der Waals surface area contributed by atoms with Gasteiger partial charge in [0.05, 0.1) is 23.2 Å². The second kappa shape index (κ2) is 4.95. The SMILES string of the molecule is COc1cccc2c1CC(c1ccc(Cl)c(Cl)c1)N2. The average molecular weight is 294 g/mol. The minimum Gasteiger partial charge on any atom is -0.496 e. The van der Waals surface area contributed by atoms with Crippen LogP contribution in [0.3, 0.4) is 0 Å². The van der Waals surface area contributed by atoms with Gasteiger partial charge in [-0.1, -0.05) is 35.3 Å². The lowest BCUT2D eigenvalue weighted by atomic mass is 10.0. The summed E-state index contributed by atoms with van der Waals surface area (Å²) in [6, 6.07) is 12.0. The van der Waals surface area contributed by atoms with Crippen molar-refractivity contribution in [3.8, 4) is 5.75 Å². The molecule has 2 aromatic carbocycles. The minimum atomic E-state index is 0.209. The molecule has 98 valence electrons. The van der Waals surface area contributed by atoms with E-state index in [9.17, 15) is 0 Å². The zero-order valence-electron chi connectivity index (χ0n) is 10.4. The van der Waals surface area contributed by atoms with Gasteiger partial charge in [0.1, 0.15) is 5.75 Å². The van der Waals surface area contributed by atoms with Gasteiger partial charge in [-0.25, -0.2) is 0 Å². The maximum atomic E-state index is 6.08. The van der Waals surface area contributed by atoms with Gasteiger partial charge < -0.3 is 10.1 Å². The van der Waals surface area contributed by atoms with Gasteiger partial charge in [0.2, 0.25) is 0 Å². The molecule has 2 aromatic rings. The number of halogens is 2. The fourth-order valence-electron chi connectivity index (χ4n) is 2.48. The number of methoxy groups -OCH3 is 1. The second-order valence-corrected chi connectivity index (χ2v) is 5.38. The van der Waals surface area contributed by atoms with Crippen molar-refractivity contribution >= 4 is 28.9 Å². The van der Waals surface area contributed by atoms with Gasteiger partial charge in [0.15, 0.2) is 0 Å². The first-order valence-electron chi connectivity index (χ1n) is 6.06. The highest BCUT2D eigenvalue weighted by Crippen LogP contribution is 2.40. The fraction of sp³-hybridized carbons (Fsp3) is 0.200. The van der Waals surface area contributed by atoms with Crippen molar-refractivity contribution in [2.45, 2.75) is 12.5 Å². The molecular weight excluding hydrogens is 281 g/mol. The third-order valence-corrected chi connectivity index (χ3v) is 4.18. The third kappa shape index (κ3) is 2.26. The van der Waals surface area contributed by atoms with Crippen LogP contribution in [0.4, 0.5) is 5.69 Å². The predicted molar refractivity (Wildman–Crippen MR) is 79.5 cm³/mol. The molecule has 2 nitrogen and oxygen atoms in total. The Labute approximate surface area is 122 Å². The number of fused-ring (bicyclic) bond motifs is 1. The van der Waals surface area contributed by atoms with Crippen molar-refractivity contribution in [1.82, 2.24) is 0 Å². The number of benzene rings is 2. The number of ether oxygens (including phenoxy) is 1. The monoisotopic (exact) mass is 293 g/mol. The highest BCUT2D eigenvalue weighted by atomic mass is 35.5. The lowest BCUT2D eigenvalue weighted by molar-refractivity contribution is 0.410. The van der Waals surface area contributed by atoms with E-state index in [2.05, 4.69) is 11.4 Å². The molecule has 0 aromatic heterocycles.